The van der Waals surface area contributed by atoms with E-state index in [9.17, 15) is 9.59 Å². The van der Waals surface area contributed by atoms with Crippen LogP contribution in [0.3, 0.4) is 0 Å². The van der Waals surface area contributed by atoms with E-state index in [1.54, 1.807) is 44.4 Å². The van der Waals surface area contributed by atoms with Crippen molar-refractivity contribution in [1.29, 1.82) is 0 Å². The molecule has 0 aliphatic rings. The normalized spacial score (nSPS) is 11.1. The molecule has 6 nitrogen and oxygen atoms in total. The van der Waals surface area contributed by atoms with Crippen molar-refractivity contribution in [2.75, 3.05) is 7.11 Å². The highest BCUT2D eigenvalue weighted by atomic mass is 16.5. The first-order chi connectivity index (χ1) is 15.5. The Morgan fingerprint density at radius 2 is 1.66 bits per heavy atom. The molecule has 0 fully saturated rings. The molecule has 0 saturated heterocycles. The van der Waals surface area contributed by atoms with Crippen molar-refractivity contribution in [3.8, 4) is 22.6 Å². The molecule has 0 aliphatic carbocycles. The molecule has 0 aliphatic heterocycles. The Balaban J connectivity index is 1.52. The van der Waals surface area contributed by atoms with Crippen LogP contribution >= 0.6 is 0 Å². The predicted octanol–water partition coefficient (Wildman–Crippen LogP) is 5.74. The number of esters is 1. The van der Waals surface area contributed by atoms with E-state index in [4.69, 9.17) is 18.3 Å². The first-order valence-electron chi connectivity index (χ1n) is 9.97. The van der Waals surface area contributed by atoms with Gasteiger partial charge in [0.1, 0.15) is 28.4 Å². The summed E-state index contributed by atoms with van der Waals surface area (Å²) in [6.07, 6.45) is 0. The van der Waals surface area contributed by atoms with Gasteiger partial charge in [-0.1, -0.05) is 36.4 Å². The molecule has 6 heteroatoms. The Morgan fingerprint density at radius 1 is 0.875 bits per heavy atom. The summed E-state index contributed by atoms with van der Waals surface area (Å²) in [7, 11) is 1.56. The second kappa shape index (κ2) is 7.74. The van der Waals surface area contributed by atoms with E-state index >= 15 is 0 Å². The molecule has 0 unspecified atom stereocenters. The lowest BCUT2D eigenvalue weighted by Gasteiger charge is -2.11. The smallest absolute Gasteiger partial charge is 0.379 e. The van der Waals surface area contributed by atoms with Crippen molar-refractivity contribution in [2.45, 2.75) is 6.92 Å². The largest absolute Gasteiger partial charge is 0.496 e. The monoisotopic (exact) mass is 426 g/mol. The van der Waals surface area contributed by atoms with Gasteiger partial charge in [-0.2, -0.15) is 0 Å². The number of carbonyl (C=O) groups excluding carboxylic acids is 1. The summed E-state index contributed by atoms with van der Waals surface area (Å²) in [5, 5.41) is 1.18. The van der Waals surface area contributed by atoms with Gasteiger partial charge in [0, 0.05) is 17.0 Å². The Kier molecular flexibility index (Phi) is 4.75. The molecule has 0 atom stereocenters. The van der Waals surface area contributed by atoms with Gasteiger partial charge in [-0.05, 0) is 37.3 Å². The lowest BCUT2D eigenvalue weighted by atomic mass is 10.0. The number of aryl methyl sites for hydroxylation is 1. The van der Waals surface area contributed by atoms with Gasteiger partial charge < -0.3 is 18.3 Å². The number of hydrogen-bond acceptors (Lipinski definition) is 6. The van der Waals surface area contributed by atoms with Gasteiger partial charge in [0.15, 0.2) is 0 Å². The fraction of sp³-hybridized carbons (Fsp3) is 0.0769. The Morgan fingerprint density at radius 3 is 2.47 bits per heavy atom. The molecule has 5 rings (SSSR count). The lowest BCUT2D eigenvalue weighted by Crippen LogP contribution is -2.10. The second-order valence-corrected chi connectivity index (χ2v) is 7.26. The highest BCUT2D eigenvalue weighted by molar-refractivity contribution is 5.94. The van der Waals surface area contributed by atoms with Crippen LogP contribution in [0.25, 0.3) is 33.1 Å². The van der Waals surface area contributed by atoms with Crippen LogP contribution < -0.4 is 14.9 Å². The average molecular weight is 426 g/mol. The first-order valence-corrected chi connectivity index (χ1v) is 9.97. The van der Waals surface area contributed by atoms with Crippen LogP contribution in [0.2, 0.25) is 0 Å². The fourth-order valence-corrected chi connectivity index (χ4v) is 3.75. The third-order valence-corrected chi connectivity index (χ3v) is 5.25. The summed E-state index contributed by atoms with van der Waals surface area (Å²) in [4.78, 5) is 25.8. The van der Waals surface area contributed by atoms with E-state index in [2.05, 4.69) is 0 Å². The number of fused-ring (bicyclic) bond motifs is 2. The summed E-state index contributed by atoms with van der Waals surface area (Å²) in [6.45, 7) is 1.72. The van der Waals surface area contributed by atoms with E-state index in [0.717, 1.165) is 5.39 Å². The quantitative estimate of drug-likeness (QED) is 0.269. The van der Waals surface area contributed by atoms with Crippen LogP contribution in [0.1, 0.15) is 16.3 Å². The van der Waals surface area contributed by atoms with Crippen LogP contribution in [0.4, 0.5) is 0 Å². The van der Waals surface area contributed by atoms with Crippen LogP contribution in [-0.2, 0) is 0 Å². The summed E-state index contributed by atoms with van der Waals surface area (Å²) >= 11 is 0. The maximum absolute atomic E-state index is 13.2. The van der Waals surface area contributed by atoms with Gasteiger partial charge in [-0.15, -0.1) is 0 Å². The molecule has 0 spiro atoms. The minimum Gasteiger partial charge on any atom is -0.496 e. The van der Waals surface area contributed by atoms with Crippen LogP contribution in [0.15, 0.2) is 86.4 Å². The van der Waals surface area contributed by atoms with Crippen LogP contribution in [0.5, 0.6) is 11.5 Å². The topological polar surface area (TPSA) is 78.9 Å². The van der Waals surface area contributed by atoms with Crippen LogP contribution in [0, 0.1) is 6.92 Å². The summed E-state index contributed by atoms with van der Waals surface area (Å²) in [6, 6.07) is 20.9. The standard InChI is InChI=1S/C26H18O6/c1-15-24(18-8-4-6-10-21(18)29-2)25(27)19-12-11-17(14-22(19)30-15)31-26(28)23-13-16-7-3-5-9-20(16)32-23/h3-14H,1-2H3. The summed E-state index contributed by atoms with van der Waals surface area (Å²) in [5.74, 6) is 0.725. The molecule has 3 aromatic carbocycles. The molecule has 32 heavy (non-hydrogen) atoms. The fourth-order valence-electron chi connectivity index (χ4n) is 3.75. The third kappa shape index (κ3) is 3.32. The van der Waals surface area contributed by atoms with Crippen LogP contribution in [-0.4, -0.2) is 13.1 Å². The van der Waals surface area contributed by atoms with Crippen molar-refractivity contribution in [2.24, 2.45) is 0 Å². The SMILES string of the molecule is COc1ccccc1-c1c(C)oc2cc(OC(=O)c3cc4ccccc4o3)ccc2c1=O. The number of carbonyl (C=O) groups is 1. The van der Waals surface area contributed by atoms with Crippen molar-refractivity contribution in [1.82, 2.24) is 0 Å². The van der Waals surface area contributed by atoms with E-state index in [-0.39, 0.29) is 16.9 Å². The first kappa shape index (κ1) is 19.6. The van der Waals surface area contributed by atoms with E-state index in [1.165, 1.54) is 6.07 Å². The van der Waals surface area contributed by atoms with E-state index < -0.39 is 5.97 Å². The number of methoxy groups -OCH3 is 1. The van der Waals surface area contributed by atoms with Crippen molar-refractivity contribution in [3.63, 3.8) is 0 Å². The molecule has 0 bridgehead atoms. The molecule has 2 aromatic heterocycles. The zero-order valence-electron chi connectivity index (χ0n) is 17.4. The maximum atomic E-state index is 13.2. The van der Waals surface area contributed by atoms with E-state index in [1.807, 2.05) is 36.4 Å². The molecule has 2 heterocycles. The minimum atomic E-state index is -0.634. The summed E-state index contributed by atoms with van der Waals surface area (Å²) < 4.78 is 22.3. The number of rotatable bonds is 4. The maximum Gasteiger partial charge on any atom is 0.379 e. The van der Waals surface area contributed by atoms with Crippen molar-refractivity contribution in [3.05, 3.63) is 94.5 Å². The van der Waals surface area contributed by atoms with Gasteiger partial charge in [-0.25, -0.2) is 4.79 Å². The molecular formula is C26H18O6. The molecule has 5 aromatic rings. The number of hydrogen-bond donors (Lipinski definition) is 0. The van der Waals surface area contributed by atoms with Crippen molar-refractivity contribution >= 4 is 27.9 Å². The Hall–Kier alpha value is -4.32. The Bertz CT molecular complexity index is 1510. The molecule has 0 radical (unpaired) electrons. The highest BCUT2D eigenvalue weighted by Gasteiger charge is 2.19. The lowest BCUT2D eigenvalue weighted by molar-refractivity contribution is 0.0704. The Labute approximate surface area is 182 Å². The van der Waals surface area contributed by atoms with Crippen molar-refractivity contribution < 1.29 is 23.1 Å². The molecular weight excluding hydrogens is 408 g/mol. The highest BCUT2D eigenvalue weighted by Crippen LogP contribution is 2.32. The molecule has 0 N–H and O–H groups in total. The number of ether oxygens (including phenoxy) is 2. The number of benzene rings is 3. The average Bonchev–Trinajstić information content (AvgIpc) is 3.24. The number of furan rings is 1. The van der Waals surface area contributed by atoms with Gasteiger partial charge in [0.25, 0.3) is 0 Å². The number of para-hydroxylation sites is 2. The summed E-state index contributed by atoms with van der Waals surface area (Å²) in [5.41, 5.74) is 1.82. The minimum absolute atomic E-state index is 0.0930. The zero-order chi connectivity index (χ0) is 22.2. The zero-order valence-corrected chi connectivity index (χ0v) is 17.4. The van der Waals surface area contributed by atoms with Gasteiger partial charge >= 0.3 is 5.97 Å². The molecule has 0 amide bonds. The molecule has 158 valence electrons. The predicted molar refractivity (Wildman–Crippen MR) is 120 cm³/mol. The van der Waals surface area contributed by atoms with E-state index in [0.29, 0.717) is 39.2 Å². The molecule has 0 saturated carbocycles. The van der Waals surface area contributed by atoms with Gasteiger partial charge in [-0.3, -0.25) is 4.79 Å². The van der Waals surface area contributed by atoms with Gasteiger partial charge in [0.05, 0.1) is 18.1 Å². The van der Waals surface area contributed by atoms with Gasteiger partial charge in [0.2, 0.25) is 11.2 Å². The third-order valence-electron chi connectivity index (χ3n) is 5.25. The second-order valence-electron chi connectivity index (χ2n) is 7.26.